The molecule has 0 aliphatic carbocycles. The van der Waals surface area contributed by atoms with E-state index in [1.54, 1.807) is 0 Å². The fourth-order valence-corrected chi connectivity index (χ4v) is 1.25. The van der Waals surface area contributed by atoms with Gasteiger partial charge in [0.1, 0.15) is 10.7 Å². The zero-order valence-corrected chi connectivity index (χ0v) is 8.95. The van der Waals surface area contributed by atoms with Crippen LogP contribution in [-0.2, 0) is 6.54 Å². The first kappa shape index (κ1) is 13.5. The first-order valence-corrected chi connectivity index (χ1v) is 4.81. The number of alkyl halides is 3. The molecule has 1 heterocycles. The van der Waals surface area contributed by atoms with Gasteiger partial charge in [-0.2, -0.15) is 13.2 Å². The number of halogens is 3. The van der Waals surface area contributed by atoms with Crippen molar-refractivity contribution < 1.29 is 22.5 Å². The molecule has 1 unspecified atom stereocenters. The summed E-state index contributed by atoms with van der Waals surface area (Å²) in [5.74, 6) is -0.198. The second-order valence-electron chi connectivity index (χ2n) is 3.60. The maximum atomic E-state index is 12.0. The Morgan fingerprint density at radius 3 is 2.65 bits per heavy atom. The molecule has 0 fully saturated rings. The molecule has 1 atom stereocenters. The second kappa shape index (κ2) is 5.17. The van der Waals surface area contributed by atoms with Crippen LogP contribution in [0.15, 0.2) is 16.5 Å². The monoisotopic (exact) mass is 252 g/mol. The summed E-state index contributed by atoms with van der Waals surface area (Å²) >= 11 is 0. The summed E-state index contributed by atoms with van der Waals surface area (Å²) in [5, 5.41) is 12.9. The molecule has 5 nitrogen and oxygen atoms in total. The lowest BCUT2D eigenvalue weighted by molar-refractivity contribution is -0.402. The summed E-state index contributed by atoms with van der Waals surface area (Å²) in [4.78, 5) is 9.58. The Bertz CT molecular complexity index is 389. The molecular weight excluding hydrogens is 241 g/mol. The predicted molar refractivity (Wildman–Crippen MR) is 52.3 cm³/mol. The van der Waals surface area contributed by atoms with Gasteiger partial charge in [-0.15, -0.1) is 0 Å². The molecule has 96 valence electrons. The van der Waals surface area contributed by atoms with Gasteiger partial charge in [-0.25, -0.2) is 0 Å². The average Bonchev–Trinajstić information content (AvgIpc) is 2.60. The highest BCUT2D eigenvalue weighted by Gasteiger charge is 2.29. The lowest BCUT2D eigenvalue weighted by Crippen LogP contribution is -2.30. The van der Waals surface area contributed by atoms with E-state index in [1.165, 1.54) is 13.0 Å². The van der Waals surface area contributed by atoms with Gasteiger partial charge in [-0.1, -0.05) is 0 Å². The van der Waals surface area contributed by atoms with E-state index < -0.39 is 29.4 Å². The molecule has 17 heavy (non-hydrogen) atoms. The zero-order chi connectivity index (χ0) is 13.1. The highest BCUT2D eigenvalue weighted by Crippen LogP contribution is 2.21. The lowest BCUT2D eigenvalue weighted by atomic mass is 10.2. The summed E-state index contributed by atoms with van der Waals surface area (Å²) in [6.45, 7) is 1.40. The Balaban J connectivity index is 2.42. The number of hydrogen-bond donors (Lipinski definition) is 1. The Labute approximate surface area is 94.7 Å². The van der Waals surface area contributed by atoms with Gasteiger partial charge in [0.15, 0.2) is 0 Å². The summed E-state index contributed by atoms with van der Waals surface area (Å²) in [6, 6.07) is 1.73. The van der Waals surface area contributed by atoms with Crippen LogP contribution >= 0.6 is 0 Å². The van der Waals surface area contributed by atoms with Crippen molar-refractivity contribution in [2.24, 2.45) is 0 Å². The summed E-state index contributed by atoms with van der Waals surface area (Å²) in [6.07, 6.45) is -5.20. The van der Waals surface area contributed by atoms with Crippen LogP contribution in [0, 0.1) is 10.1 Å². The number of furan rings is 1. The molecule has 1 aromatic rings. The third-order valence-corrected chi connectivity index (χ3v) is 1.99. The first-order chi connectivity index (χ1) is 7.78. The molecule has 1 N–H and O–H groups in total. The third-order valence-electron chi connectivity index (χ3n) is 1.99. The minimum Gasteiger partial charge on any atom is -0.404 e. The molecule has 0 spiro atoms. The first-order valence-electron chi connectivity index (χ1n) is 4.81. The lowest BCUT2D eigenvalue weighted by Gasteiger charge is -2.14. The van der Waals surface area contributed by atoms with E-state index in [0.717, 1.165) is 6.07 Å². The van der Waals surface area contributed by atoms with E-state index in [2.05, 4.69) is 5.32 Å². The van der Waals surface area contributed by atoms with Gasteiger partial charge in [-0.3, -0.25) is 10.1 Å². The van der Waals surface area contributed by atoms with Gasteiger partial charge in [0.25, 0.3) is 0 Å². The van der Waals surface area contributed by atoms with Crippen LogP contribution < -0.4 is 5.32 Å². The van der Waals surface area contributed by atoms with Crippen molar-refractivity contribution in [3.8, 4) is 0 Å². The van der Waals surface area contributed by atoms with Crippen molar-refractivity contribution in [3.05, 3.63) is 28.0 Å². The SMILES string of the molecule is CC(CC(F)(F)F)NCc1ccc([N+](=O)[O-])o1. The number of hydrogen-bond acceptors (Lipinski definition) is 4. The van der Waals surface area contributed by atoms with Crippen molar-refractivity contribution in [1.29, 1.82) is 0 Å². The zero-order valence-electron chi connectivity index (χ0n) is 8.95. The largest absolute Gasteiger partial charge is 0.433 e. The molecule has 0 saturated heterocycles. The van der Waals surface area contributed by atoms with Crippen LogP contribution in [-0.4, -0.2) is 17.1 Å². The highest BCUT2D eigenvalue weighted by molar-refractivity contribution is 5.17. The molecule has 0 amide bonds. The maximum absolute atomic E-state index is 12.0. The van der Waals surface area contributed by atoms with E-state index in [0.29, 0.717) is 0 Å². The van der Waals surface area contributed by atoms with Gasteiger partial charge >= 0.3 is 12.1 Å². The van der Waals surface area contributed by atoms with E-state index in [1.807, 2.05) is 0 Å². The van der Waals surface area contributed by atoms with Crippen molar-refractivity contribution in [2.75, 3.05) is 0 Å². The normalized spacial score (nSPS) is 13.6. The van der Waals surface area contributed by atoms with Crippen LogP contribution in [0.5, 0.6) is 0 Å². The standard InChI is InChI=1S/C9H11F3N2O3/c1-6(4-9(10,11)12)13-5-7-2-3-8(17-7)14(15)16/h2-3,6,13H,4-5H2,1H3. The minimum atomic E-state index is -4.23. The number of nitrogens with one attached hydrogen (secondary N) is 1. The topological polar surface area (TPSA) is 68.3 Å². The molecule has 1 rings (SSSR count). The van der Waals surface area contributed by atoms with Crippen molar-refractivity contribution in [2.45, 2.75) is 32.1 Å². The van der Waals surface area contributed by atoms with Gasteiger partial charge < -0.3 is 9.73 Å². The van der Waals surface area contributed by atoms with Crippen LogP contribution in [0.4, 0.5) is 19.1 Å². The molecule has 0 bridgehead atoms. The van der Waals surface area contributed by atoms with E-state index in [4.69, 9.17) is 4.42 Å². The van der Waals surface area contributed by atoms with Crippen LogP contribution in [0.25, 0.3) is 0 Å². The maximum Gasteiger partial charge on any atom is 0.433 e. The molecule has 8 heteroatoms. The number of rotatable bonds is 5. The Hall–Kier alpha value is -1.57. The van der Waals surface area contributed by atoms with Crippen molar-refractivity contribution >= 4 is 5.88 Å². The van der Waals surface area contributed by atoms with Gasteiger partial charge in [0.05, 0.1) is 19.0 Å². The Morgan fingerprint density at radius 1 is 1.53 bits per heavy atom. The van der Waals surface area contributed by atoms with Gasteiger partial charge in [-0.05, 0) is 13.0 Å². The smallest absolute Gasteiger partial charge is 0.404 e. The van der Waals surface area contributed by atoms with E-state index in [-0.39, 0.29) is 12.3 Å². The van der Waals surface area contributed by atoms with Gasteiger partial charge in [0, 0.05) is 6.04 Å². The summed E-state index contributed by atoms with van der Waals surface area (Å²) in [7, 11) is 0. The van der Waals surface area contributed by atoms with Crippen molar-refractivity contribution in [1.82, 2.24) is 5.32 Å². The highest BCUT2D eigenvalue weighted by atomic mass is 19.4. The summed E-state index contributed by atoms with van der Waals surface area (Å²) in [5.41, 5.74) is 0. The van der Waals surface area contributed by atoms with Crippen LogP contribution in [0.2, 0.25) is 0 Å². The second-order valence-corrected chi connectivity index (χ2v) is 3.60. The average molecular weight is 252 g/mol. The molecule has 1 aromatic heterocycles. The molecule has 0 aliphatic heterocycles. The third kappa shape index (κ3) is 4.85. The van der Waals surface area contributed by atoms with E-state index >= 15 is 0 Å². The molecule has 0 aromatic carbocycles. The fraction of sp³-hybridized carbons (Fsp3) is 0.556. The molecule has 0 aliphatic rings. The summed E-state index contributed by atoms with van der Waals surface area (Å²) < 4.78 is 40.7. The van der Waals surface area contributed by atoms with Crippen molar-refractivity contribution in [3.63, 3.8) is 0 Å². The van der Waals surface area contributed by atoms with Crippen LogP contribution in [0.3, 0.4) is 0 Å². The Kier molecular flexibility index (Phi) is 4.11. The van der Waals surface area contributed by atoms with E-state index in [9.17, 15) is 23.3 Å². The molecule has 0 radical (unpaired) electrons. The molecular formula is C9H11F3N2O3. The van der Waals surface area contributed by atoms with Gasteiger partial charge in [0.2, 0.25) is 0 Å². The quantitative estimate of drug-likeness (QED) is 0.646. The number of nitrogens with zero attached hydrogens (tertiary/aromatic N) is 1. The Morgan fingerprint density at radius 2 is 2.18 bits per heavy atom. The minimum absolute atomic E-state index is 0.0189. The fourth-order valence-electron chi connectivity index (χ4n) is 1.25. The van der Waals surface area contributed by atoms with Crippen LogP contribution in [0.1, 0.15) is 19.1 Å². The predicted octanol–water partition coefficient (Wildman–Crippen LogP) is 2.62. The molecule has 0 saturated carbocycles. The number of nitro groups is 1.